The Balaban J connectivity index is 2.07. The Morgan fingerprint density at radius 1 is 1.53 bits per heavy atom. The van der Waals surface area contributed by atoms with E-state index in [0.29, 0.717) is 5.92 Å². The van der Waals surface area contributed by atoms with Gasteiger partial charge in [0.15, 0.2) is 0 Å². The van der Waals surface area contributed by atoms with Gasteiger partial charge in [-0.25, -0.2) is 4.98 Å². The van der Waals surface area contributed by atoms with Gasteiger partial charge in [-0.3, -0.25) is 4.79 Å². The average molecular weight is 230 g/mol. The molecule has 0 bridgehead atoms. The third-order valence-electron chi connectivity index (χ3n) is 3.50. The second-order valence-corrected chi connectivity index (χ2v) is 4.60. The summed E-state index contributed by atoms with van der Waals surface area (Å²) in [7, 11) is 0. The van der Waals surface area contributed by atoms with Gasteiger partial charge in [-0.15, -0.1) is 0 Å². The Morgan fingerprint density at radius 2 is 2.35 bits per heavy atom. The monoisotopic (exact) mass is 230 g/mol. The van der Waals surface area contributed by atoms with E-state index in [1.54, 1.807) is 6.20 Å². The molecule has 4 heteroatoms. The van der Waals surface area contributed by atoms with Gasteiger partial charge in [0.05, 0.1) is 18.1 Å². The van der Waals surface area contributed by atoms with E-state index in [0.717, 1.165) is 16.9 Å². The van der Waals surface area contributed by atoms with Gasteiger partial charge in [-0.2, -0.15) is 0 Å². The number of fused-ring (bicyclic) bond motifs is 1. The predicted octanol–water partition coefficient (Wildman–Crippen LogP) is 2.23. The standard InChI is InChI=1S/C13H14N2O2/c16-12(17)7-10-5-2-6-15-11(10)8-14-13(15)9-3-1-4-9/h2,5-6,8-9H,1,3-4,7H2,(H,16,17). The highest BCUT2D eigenvalue weighted by molar-refractivity contribution is 5.74. The summed E-state index contributed by atoms with van der Waals surface area (Å²) >= 11 is 0. The molecule has 0 spiro atoms. The quantitative estimate of drug-likeness (QED) is 0.879. The highest BCUT2D eigenvalue weighted by Gasteiger charge is 2.24. The molecule has 2 aromatic heterocycles. The van der Waals surface area contributed by atoms with Crippen molar-refractivity contribution < 1.29 is 9.90 Å². The average Bonchev–Trinajstić information content (AvgIpc) is 2.60. The summed E-state index contributed by atoms with van der Waals surface area (Å²) in [5, 5.41) is 8.87. The lowest BCUT2D eigenvalue weighted by atomic mass is 9.85. The van der Waals surface area contributed by atoms with Crippen molar-refractivity contribution in [1.82, 2.24) is 9.38 Å². The summed E-state index contributed by atoms with van der Waals surface area (Å²) in [5.41, 5.74) is 1.76. The van der Waals surface area contributed by atoms with Crippen molar-refractivity contribution in [2.75, 3.05) is 0 Å². The summed E-state index contributed by atoms with van der Waals surface area (Å²) in [6, 6.07) is 3.75. The number of aromatic nitrogens is 2. The van der Waals surface area contributed by atoms with E-state index >= 15 is 0 Å². The molecular formula is C13H14N2O2. The summed E-state index contributed by atoms with van der Waals surface area (Å²) in [6.07, 6.45) is 7.49. The third-order valence-corrected chi connectivity index (χ3v) is 3.50. The van der Waals surface area contributed by atoms with Crippen molar-refractivity contribution in [3.8, 4) is 0 Å². The number of hydrogen-bond donors (Lipinski definition) is 1. The maximum atomic E-state index is 10.8. The van der Waals surface area contributed by atoms with Crippen molar-refractivity contribution >= 4 is 11.5 Å². The minimum atomic E-state index is -0.801. The van der Waals surface area contributed by atoms with Crippen molar-refractivity contribution in [3.05, 3.63) is 35.9 Å². The molecule has 2 heterocycles. The Bertz CT molecular complexity index is 570. The molecule has 0 aliphatic heterocycles. The van der Waals surface area contributed by atoms with Crippen LogP contribution in [0.1, 0.15) is 36.6 Å². The fourth-order valence-corrected chi connectivity index (χ4v) is 2.38. The van der Waals surface area contributed by atoms with Gasteiger partial charge in [0.25, 0.3) is 0 Å². The Morgan fingerprint density at radius 3 is 3.00 bits per heavy atom. The van der Waals surface area contributed by atoms with Crippen LogP contribution in [0.25, 0.3) is 5.52 Å². The topological polar surface area (TPSA) is 54.6 Å². The van der Waals surface area contributed by atoms with Crippen LogP contribution >= 0.6 is 0 Å². The number of rotatable bonds is 3. The Kier molecular flexibility index (Phi) is 2.35. The van der Waals surface area contributed by atoms with E-state index < -0.39 is 5.97 Å². The number of pyridine rings is 1. The van der Waals surface area contributed by atoms with E-state index in [-0.39, 0.29) is 6.42 Å². The molecule has 88 valence electrons. The molecule has 0 unspecified atom stereocenters. The highest BCUT2D eigenvalue weighted by Crippen LogP contribution is 2.35. The molecule has 0 amide bonds. The molecule has 0 atom stereocenters. The number of carbonyl (C=O) groups is 1. The first-order chi connectivity index (χ1) is 8.25. The normalized spacial score (nSPS) is 16.0. The van der Waals surface area contributed by atoms with E-state index in [1.807, 2.05) is 22.7 Å². The fraction of sp³-hybridized carbons (Fsp3) is 0.385. The zero-order valence-electron chi connectivity index (χ0n) is 9.47. The smallest absolute Gasteiger partial charge is 0.307 e. The molecule has 4 nitrogen and oxygen atoms in total. The lowest BCUT2D eigenvalue weighted by molar-refractivity contribution is -0.136. The molecule has 1 fully saturated rings. The second-order valence-electron chi connectivity index (χ2n) is 4.60. The molecular weight excluding hydrogens is 216 g/mol. The molecule has 1 aliphatic rings. The maximum Gasteiger partial charge on any atom is 0.307 e. The molecule has 1 saturated carbocycles. The molecule has 0 radical (unpaired) electrons. The van der Waals surface area contributed by atoms with Gasteiger partial charge in [-0.1, -0.05) is 12.5 Å². The molecule has 1 aliphatic carbocycles. The largest absolute Gasteiger partial charge is 0.481 e. The van der Waals surface area contributed by atoms with Crippen molar-refractivity contribution in [2.45, 2.75) is 31.6 Å². The van der Waals surface area contributed by atoms with Crippen LogP contribution in [0.5, 0.6) is 0 Å². The van der Waals surface area contributed by atoms with E-state index in [9.17, 15) is 4.79 Å². The molecule has 3 rings (SSSR count). The van der Waals surface area contributed by atoms with Crippen LogP contribution in [0.15, 0.2) is 24.5 Å². The molecule has 0 aromatic carbocycles. The lowest BCUT2D eigenvalue weighted by Gasteiger charge is -2.24. The van der Waals surface area contributed by atoms with Gasteiger partial charge >= 0.3 is 5.97 Å². The first kappa shape index (κ1) is 10.3. The zero-order chi connectivity index (χ0) is 11.8. The summed E-state index contributed by atoms with van der Waals surface area (Å²) < 4.78 is 2.04. The SMILES string of the molecule is O=C(O)Cc1cccn2c(C3CCC3)ncc12. The van der Waals surface area contributed by atoms with Crippen LogP contribution in [0.4, 0.5) is 0 Å². The van der Waals surface area contributed by atoms with Crippen LogP contribution in [-0.4, -0.2) is 20.5 Å². The number of carboxylic acid groups (broad SMARTS) is 1. The van der Waals surface area contributed by atoms with Crippen molar-refractivity contribution in [1.29, 1.82) is 0 Å². The number of hydrogen-bond acceptors (Lipinski definition) is 2. The summed E-state index contributed by atoms with van der Waals surface area (Å²) in [4.78, 5) is 15.2. The van der Waals surface area contributed by atoms with Gasteiger partial charge in [0, 0.05) is 12.1 Å². The van der Waals surface area contributed by atoms with Crippen LogP contribution in [0, 0.1) is 0 Å². The summed E-state index contributed by atoms with van der Waals surface area (Å²) in [6.45, 7) is 0. The van der Waals surface area contributed by atoms with Crippen LogP contribution in [0.2, 0.25) is 0 Å². The number of imidazole rings is 1. The maximum absolute atomic E-state index is 10.8. The first-order valence-corrected chi connectivity index (χ1v) is 5.92. The van der Waals surface area contributed by atoms with Crippen LogP contribution in [-0.2, 0) is 11.2 Å². The number of nitrogens with zero attached hydrogens (tertiary/aromatic N) is 2. The molecule has 17 heavy (non-hydrogen) atoms. The number of aliphatic carboxylic acids is 1. The molecule has 0 saturated heterocycles. The minimum absolute atomic E-state index is 0.0557. The molecule has 2 aromatic rings. The van der Waals surface area contributed by atoms with Crippen LogP contribution < -0.4 is 0 Å². The fourth-order valence-electron chi connectivity index (χ4n) is 2.38. The molecule has 1 N–H and O–H groups in total. The first-order valence-electron chi connectivity index (χ1n) is 5.92. The van der Waals surface area contributed by atoms with E-state index in [2.05, 4.69) is 4.98 Å². The van der Waals surface area contributed by atoms with Gasteiger partial charge in [0.1, 0.15) is 5.82 Å². The van der Waals surface area contributed by atoms with E-state index in [4.69, 9.17) is 5.11 Å². The van der Waals surface area contributed by atoms with Gasteiger partial charge in [-0.05, 0) is 24.5 Å². The lowest BCUT2D eigenvalue weighted by Crippen LogP contribution is -2.12. The van der Waals surface area contributed by atoms with Crippen molar-refractivity contribution in [2.24, 2.45) is 0 Å². The van der Waals surface area contributed by atoms with E-state index in [1.165, 1.54) is 19.3 Å². The zero-order valence-corrected chi connectivity index (χ0v) is 9.47. The van der Waals surface area contributed by atoms with Crippen LogP contribution in [0.3, 0.4) is 0 Å². The number of carboxylic acids is 1. The summed E-state index contributed by atoms with van der Waals surface area (Å²) in [5.74, 6) is 0.834. The predicted molar refractivity (Wildman–Crippen MR) is 63.1 cm³/mol. The van der Waals surface area contributed by atoms with Gasteiger partial charge < -0.3 is 9.51 Å². The van der Waals surface area contributed by atoms with Gasteiger partial charge in [0.2, 0.25) is 0 Å². The third kappa shape index (κ3) is 1.69. The highest BCUT2D eigenvalue weighted by atomic mass is 16.4. The second kappa shape index (κ2) is 3.87. The Labute approximate surface area is 98.9 Å². The van der Waals surface area contributed by atoms with Crippen molar-refractivity contribution in [3.63, 3.8) is 0 Å². The minimum Gasteiger partial charge on any atom is -0.481 e. The Hall–Kier alpha value is -1.84.